The summed E-state index contributed by atoms with van der Waals surface area (Å²) < 4.78 is 27.1. The van der Waals surface area contributed by atoms with Crippen molar-refractivity contribution < 1.29 is 8.78 Å². The van der Waals surface area contributed by atoms with Gasteiger partial charge in [0.1, 0.15) is 11.6 Å². The molecule has 112 valence electrons. The van der Waals surface area contributed by atoms with Gasteiger partial charge in [0.15, 0.2) is 0 Å². The van der Waals surface area contributed by atoms with E-state index < -0.39 is 11.6 Å². The predicted octanol–water partition coefficient (Wildman–Crippen LogP) is 4.76. The minimum atomic E-state index is -0.483. The van der Waals surface area contributed by atoms with Gasteiger partial charge in [0.2, 0.25) is 0 Å². The molecule has 1 N–H and O–H groups in total. The zero-order chi connectivity index (χ0) is 15.1. The van der Waals surface area contributed by atoms with Gasteiger partial charge in [-0.2, -0.15) is 0 Å². The molecule has 0 aliphatic heterocycles. The fourth-order valence-corrected chi connectivity index (χ4v) is 2.85. The number of halogens is 2. The van der Waals surface area contributed by atoms with Crippen molar-refractivity contribution >= 4 is 11.8 Å². The largest absolute Gasteiger partial charge is 0.313 e. The van der Waals surface area contributed by atoms with E-state index in [0.29, 0.717) is 5.75 Å². The normalized spacial score (nSPS) is 10.8. The van der Waals surface area contributed by atoms with Gasteiger partial charge in [-0.1, -0.05) is 25.1 Å². The van der Waals surface area contributed by atoms with E-state index in [-0.39, 0.29) is 5.56 Å². The van der Waals surface area contributed by atoms with Gasteiger partial charge in [-0.05, 0) is 42.8 Å². The predicted molar refractivity (Wildman–Crippen MR) is 84.4 cm³/mol. The first-order valence-corrected chi connectivity index (χ1v) is 8.04. The van der Waals surface area contributed by atoms with Gasteiger partial charge in [0, 0.05) is 22.8 Å². The van der Waals surface area contributed by atoms with Gasteiger partial charge >= 0.3 is 0 Å². The van der Waals surface area contributed by atoms with E-state index in [4.69, 9.17) is 0 Å². The standard InChI is InChI=1S/C17H19F2NS/c1-2-10-20-11-13-6-8-14(9-7-13)21-12-15-16(18)4-3-5-17(15)19/h3-9,20H,2,10-12H2,1H3. The van der Waals surface area contributed by atoms with Crippen LogP contribution in [0.3, 0.4) is 0 Å². The molecule has 2 aromatic carbocycles. The Morgan fingerprint density at radius 2 is 1.67 bits per heavy atom. The highest BCUT2D eigenvalue weighted by Gasteiger charge is 2.08. The van der Waals surface area contributed by atoms with Crippen LogP contribution in [0.1, 0.15) is 24.5 Å². The molecule has 2 aromatic rings. The summed E-state index contributed by atoms with van der Waals surface area (Å²) in [5.41, 5.74) is 1.35. The summed E-state index contributed by atoms with van der Waals surface area (Å²) in [4.78, 5) is 1.01. The van der Waals surface area contributed by atoms with Gasteiger partial charge in [-0.3, -0.25) is 0 Å². The van der Waals surface area contributed by atoms with Crippen molar-refractivity contribution in [1.29, 1.82) is 0 Å². The number of thioether (sulfide) groups is 1. The Bertz CT molecular complexity index is 549. The molecule has 0 amide bonds. The third-order valence-electron chi connectivity index (χ3n) is 3.12. The zero-order valence-electron chi connectivity index (χ0n) is 12.0. The molecule has 0 atom stereocenters. The number of rotatable bonds is 7. The fourth-order valence-electron chi connectivity index (χ4n) is 1.94. The van der Waals surface area contributed by atoms with Gasteiger partial charge in [0.05, 0.1) is 0 Å². The van der Waals surface area contributed by atoms with Crippen LogP contribution in [-0.4, -0.2) is 6.54 Å². The summed E-state index contributed by atoms with van der Waals surface area (Å²) in [6.07, 6.45) is 1.11. The monoisotopic (exact) mass is 307 g/mol. The first-order chi connectivity index (χ1) is 10.2. The molecule has 0 aliphatic carbocycles. The van der Waals surface area contributed by atoms with Crippen LogP contribution in [0.2, 0.25) is 0 Å². The lowest BCUT2D eigenvalue weighted by atomic mass is 10.2. The van der Waals surface area contributed by atoms with E-state index >= 15 is 0 Å². The first kappa shape index (κ1) is 16.0. The second-order valence-corrected chi connectivity index (χ2v) is 5.86. The van der Waals surface area contributed by atoms with Gasteiger partial charge in [-0.25, -0.2) is 8.78 Å². The molecule has 1 nitrogen and oxygen atoms in total. The maximum absolute atomic E-state index is 13.5. The van der Waals surface area contributed by atoms with E-state index in [9.17, 15) is 8.78 Å². The highest BCUT2D eigenvalue weighted by atomic mass is 32.2. The average molecular weight is 307 g/mol. The van der Waals surface area contributed by atoms with E-state index in [1.807, 2.05) is 24.3 Å². The summed E-state index contributed by atoms with van der Waals surface area (Å²) in [5, 5.41) is 3.34. The lowest BCUT2D eigenvalue weighted by Gasteiger charge is -2.07. The van der Waals surface area contributed by atoms with Crippen molar-refractivity contribution in [3.63, 3.8) is 0 Å². The fraction of sp³-hybridized carbons (Fsp3) is 0.294. The van der Waals surface area contributed by atoms with Crippen LogP contribution >= 0.6 is 11.8 Å². The highest BCUT2D eigenvalue weighted by molar-refractivity contribution is 7.98. The average Bonchev–Trinajstić information content (AvgIpc) is 2.48. The molecule has 0 bridgehead atoms. The Labute approximate surface area is 128 Å². The van der Waals surface area contributed by atoms with E-state index in [1.165, 1.54) is 35.5 Å². The van der Waals surface area contributed by atoms with E-state index in [2.05, 4.69) is 12.2 Å². The molecule has 2 rings (SSSR count). The van der Waals surface area contributed by atoms with Crippen LogP contribution in [0.25, 0.3) is 0 Å². The maximum atomic E-state index is 13.5. The molecule has 0 aliphatic rings. The van der Waals surface area contributed by atoms with Crippen molar-refractivity contribution in [2.45, 2.75) is 30.5 Å². The molecule has 4 heteroatoms. The van der Waals surface area contributed by atoms with Crippen LogP contribution in [0.15, 0.2) is 47.4 Å². The molecule has 21 heavy (non-hydrogen) atoms. The summed E-state index contributed by atoms with van der Waals surface area (Å²) in [7, 11) is 0. The molecule has 0 fully saturated rings. The summed E-state index contributed by atoms with van der Waals surface area (Å²) >= 11 is 1.44. The van der Waals surface area contributed by atoms with Crippen LogP contribution in [0, 0.1) is 11.6 Å². The number of hydrogen-bond acceptors (Lipinski definition) is 2. The van der Waals surface area contributed by atoms with Gasteiger partial charge < -0.3 is 5.32 Å². The van der Waals surface area contributed by atoms with Gasteiger partial charge in [-0.15, -0.1) is 11.8 Å². The lowest BCUT2D eigenvalue weighted by Crippen LogP contribution is -2.13. The van der Waals surface area contributed by atoms with Crippen molar-refractivity contribution in [2.75, 3.05) is 6.54 Å². The minimum Gasteiger partial charge on any atom is -0.313 e. The molecule has 0 heterocycles. The summed E-state index contributed by atoms with van der Waals surface area (Å²) in [5.74, 6) is -0.669. The van der Waals surface area contributed by atoms with Crippen molar-refractivity contribution in [2.24, 2.45) is 0 Å². The molecule has 0 aromatic heterocycles. The van der Waals surface area contributed by atoms with Gasteiger partial charge in [0.25, 0.3) is 0 Å². The Morgan fingerprint density at radius 3 is 2.29 bits per heavy atom. The number of benzene rings is 2. The van der Waals surface area contributed by atoms with Crippen LogP contribution < -0.4 is 5.32 Å². The zero-order valence-corrected chi connectivity index (χ0v) is 12.9. The molecular formula is C17H19F2NS. The molecule has 0 saturated heterocycles. The summed E-state index contributed by atoms with van der Waals surface area (Å²) in [6.45, 7) is 3.98. The quantitative estimate of drug-likeness (QED) is 0.585. The lowest BCUT2D eigenvalue weighted by molar-refractivity contribution is 0.566. The first-order valence-electron chi connectivity index (χ1n) is 7.06. The third kappa shape index (κ3) is 4.83. The molecule has 0 saturated carbocycles. The van der Waals surface area contributed by atoms with Crippen molar-refractivity contribution in [1.82, 2.24) is 5.32 Å². The molecular weight excluding hydrogens is 288 g/mol. The molecule has 0 radical (unpaired) electrons. The smallest absolute Gasteiger partial charge is 0.130 e. The topological polar surface area (TPSA) is 12.0 Å². The van der Waals surface area contributed by atoms with E-state index in [1.54, 1.807) is 0 Å². The van der Waals surface area contributed by atoms with Crippen LogP contribution in [0.4, 0.5) is 8.78 Å². The Morgan fingerprint density at radius 1 is 1.00 bits per heavy atom. The Hall–Kier alpha value is -1.39. The Kier molecular flexibility index (Phi) is 6.21. The minimum absolute atomic E-state index is 0.135. The highest BCUT2D eigenvalue weighted by Crippen LogP contribution is 2.25. The van der Waals surface area contributed by atoms with Crippen LogP contribution in [0.5, 0.6) is 0 Å². The summed E-state index contributed by atoms with van der Waals surface area (Å²) in [6, 6.07) is 12.0. The third-order valence-corrected chi connectivity index (χ3v) is 4.16. The number of hydrogen-bond donors (Lipinski definition) is 1. The van der Waals surface area contributed by atoms with E-state index in [0.717, 1.165) is 24.4 Å². The second kappa shape index (κ2) is 8.15. The molecule has 0 spiro atoms. The number of nitrogens with one attached hydrogen (secondary N) is 1. The second-order valence-electron chi connectivity index (χ2n) is 4.81. The maximum Gasteiger partial charge on any atom is 0.130 e. The molecule has 0 unspecified atom stereocenters. The SMILES string of the molecule is CCCNCc1ccc(SCc2c(F)cccc2F)cc1. The van der Waals surface area contributed by atoms with Crippen molar-refractivity contribution in [3.05, 3.63) is 65.2 Å². The van der Waals surface area contributed by atoms with Crippen LogP contribution in [-0.2, 0) is 12.3 Å². The van der Waals surface area contributed by atoms with Crippen molar-refractivity contribution in [3.8, 4) is 0 Å². The Balaban J connectivity index is 1.92.